The summed E-state index contributed by atoms with van der Waals surface area (Å²) in [6, 6.07) is 0.310. The molecule has 5 nitrogen and oxygen atoms in total. The molecule has 0 bridgehead atoms. The van der Waals surface area contributed by atoms with Crippen LogP contribution in [0.25, 0.3) is 0 Å². The Morgan fingerprint density at radius 1 is 1.67 bits per heavy atom. The van der Waals surface area contributed by atoms with Gasteiger partial charge in [-0.05, 0) is 13.8 Å². The normalized spacial score (nSPS) is 10.6. The van der Waals surface area contributed by atoms with Crippen LogP contribution in [0.5, 0.6) is 0 Å². The first kappa shape index (κ1) is 6.00. The number of tetrazole rings is 1. The van der Waals surface area contributed by atoms with Crippen molar-refractivity contribution in [3.63, 3.8) is 0 Å². The van der Waals surface area contributed by atoms with Gasteiger partial charge in [0.05, 0.1) is 16.0 Å². The lowest BCUT2D eigenvalue weighted by Crippen LogP contribution is -2.55. The Kier molecular flexibility index (Phi) is 1.33. The van der Waals surface area contributed by atoms with Crippen LogP contribution in [0.4, 0.5) is 0 Å². The summed E-state index contributed by atoms with van der Waals surface area (Å²) in [6.45, 7) is 4.01. The van der Waals surface area contributed by atoms with Crippen LogP contribution in [-0.4, -0.2) is 15.0 Å². The molecule has 1 heterocycles. The summed E-state index contributed by atoms with van der Waals surface area (Å²) in [5.41, 5.74) is 0. The molecule has 2 N–H and O–H groups in total. The highest BCUT2D eigenvalue weighted by atomic mass is 15.7. The monoisotopic (exact) mass is 128 g/mol. The molecule has 1 aromatic rings. The largest absolute Gasteiger partial charge is 0.274 e. The van der Waals surface area contributed by atoms with Crippen LogP contribution in [-0.2, 0) is 0 Å². The Morgan fingerprint density at radius 3 is 2.56 bits per heavy atom. The molecular formula is C4H10N5+. The molecule has 0 saturated carbocycles. The summed E-state index contributed by atoms with van der Waals surface area (Å²) < 4.78 is 1.72. The zero-order chi connectivity index (χ0) is 6.85. The molecule has 0 radical (unpaired) electrons. The van der Waals surface area contributed by atoms with E-state index >= 15 is 0 Å². The average molecular weight is 128 g/mol. The van der Waals surface area contributed by atoms with Crippen molar-refractivity contribution in [2.75, 3.05) is 5.84 Å². The van der Waals surface area contributed by atoms with Gasteiger partial charge in [0, 0.05) is 0 Å². The van der Waals surface area contributed by atoms with E-state index in [9.17, 15) is 0 Å². The zero-order valence-corrected chi connectivity index (χ0v) is 5.52. The second kappa shape index (κ2) is 2.00. The molecule has 0 unspecified atom stereocenters. The summed E-state index contributed by atoms with van der Waals surface area (Å²) in [5.74, 6) is 5.35. The van der Waals surface area contributed by atoms with Crippen LogP contribution in [0.1, 0.15) is 19.9 Å². The van der Waals surface area contributed by atoms with Gasteiger partial charge in [-0.2, -0.15) is 0 Å². The van der Waals surface area contributed by atoms with Crippen LogP contribution in [0.15, 0.2) is 6.33 Å². The number of rotatable bonds is 1. The standard InChI is InChI=1S/C4H10N5/c1-4(2)8-3-6-7-9(8)5/h3-4H,1-2H3,(H2,5,7)/q+1. The lowest BCUT2D eigenvalue weighted by molar-refractivity contribution is -0.782. The van der Waals surface area contributed by atoms with E-state index in [0.717, 1.165) is 0 Å². The molecule has 0 atom stereocenters. The number of hydrogen-bond acceptors (Lipinski definition) is 3. The zero-order valence-electron chi connectivity index (χ0n) is 5.52. The molecule has 9 heavy (non-hydrogen) atoms. The van der Waals surface area contributed by atoms with E-state index in [0.29, 0.717) is 6.04 Å². The third-order valence-corrected chi connectivity index (χ3v) is 1.08. The van der Waals surface area contributed by atoms with Gasteiger partial charge in [-0.1, -0.05) is 0 Å². The van der Waals surface area contributed by atoms with Crippen LogP contribution in [0.3, 0.4) is 0 Å². The third kappa shape index (κ3) is 0.984. The van der Waals surface area contributed by atoms with E-state index in [-0.39, 0.29) is 0 Å². The fourth-order valence-electron chi connectivity index (χ4n) is 0.598. The molecule has 5 heteroatoms. The first-order valence-electron chi connectivity index (χ1n) is 2.79. The summed E-state index contributed by atoms with van der Waals surface area (Å²) in [7, 11) is 0. The molecule has 0 aliphatic heterocycles. The minimum Gasteiger partial charge on any atom is -0.229 e. The third-order valence-electron chi connectivity index (χ3n) is 1.08. The highest BCUT2D eigenvalue weighted by molar-refractivity contribution is 4.47. The van der Waals surface area contributed by atoms with Crippen molar-refractivity contribution in [3.8, 4) is 0 Å². The summed E-state index contributed by atoms with van der Waals surface area (Å²) in [4.78, 5) is 1.21. The van der Waals surface area contributed by atoms with Crippen LogP contribution in [0.2, 0.25) is 0 Å². The Bertz CT molecular complexity index is 191. The summed E-state index contributed by atoms with van der Waals surface area (Å²) >= 11 is 0. The summed E-state index contributed by atoms with van der Waals surface area (Å²) in [6.07, 6.45) is 1.59. The van der Waals surface area contributed by atoms with E-state index in [1.165, 1.54) is 4.91 Å². The van der Waals surface area contributed by atoms with Crippen LogP contribution < -0.4 is 10.7 Å². The number of nitrogen functional groups attached to an aromatic ring is 1. The molecule has 0 fully saturated rings. The van der Waals surface area contributed by atoms with Crippen molar-refractivity contribution in [2.45, 2.75) is 19.9 Å². The Labute approximate surface area is 53.0 Å². The minimum atomic E-state index is 0.310. The highest BCUT2D eigenvalue weighted by Gasteiger charge is 2.07. The molecule has 0 saturated heterocycles. The SMILES string of the molecule is CC(C)n1cnn[n+]1N. The topological polar surface area (TPSA) is 60.6 Å². The minimum absolute atomic E-state index is 0.310. The first-order chi connectivity index (χ1) is 4.22. The van der Waals surface area contributed by atoms with Gasteiger partial charge in [-0.25, -0.2) is 5.84 Å². The van der Waals surface area contributed by atoms with E-state index < -0.39 is 0 Å². The second-order valence-corrected chi connectivity index (χ2v) is 2.11. The predicted molar refractivity (Wildman–Crippen MR) is 30.8 cm³/mol. The van der Waals surface area contributed by atoms with Crippen molar-refractivity contribution in [1.82, 2.24) is 15.0 Å². The maximum Gasteiger partial charge on any atom is 0.274 e. The number of hydrogen-bond donors (Lipinski definition) is 1. The van der Waals surface area contributed by atoms with Gasteiger partial charge in [0.15, 0.2) is 5.21 Å². The lowest BCUT2D eigenvalue weighted by Gasteiger charge is -1.98. The van der Waals surface area contributed by atoms with Gasteiger partial charge >= 0.3 is 0 Å². The van der Waals surface area contributed by atoms with Gasteiger partial charge in [-0.3, -0.25) is 0 Å². The average Bonchev–Trinajstić information content (AvgIpc) is 2.13. The van der Waals surface area contributed by atoms with Crippen molar-refractivity contribution < 1.29 is 4.91 Å². The van der Waals surface area contributed by atoms with Crippen LogP contribution >= 0.6 is 0 Å². The molecule has 0 aromatic carbocycles. The maximum absolute atomic E-state index is 5.35. The lowest BCUT2D eigenvalue weighted by atomic mass is 10.4. The van der Waals surface area contributed by atoms with Gasteiger partial charge in [0.25, 0.3) is 6.33 Å². The number of aromatic nitrogens is 4. The second-order valence-electron chi connectivity index (χ2n) is 2.11. The van der Waals surface area contributed by atoms with E-state index in [1.807, 2.05) is 13.8 Å². The van der Waals surface area contributed by atoms with Gasteiger partial charge < -0.3 is 0 Å². The van der Waals surface area contributed by atoms with Gasteiger partial charge in [-0.15, -0.1) is 4.68 Å². The highest BCUT2D eigenvalue weighted by Crippen LogP contribution is 1.93. The van der Waals surface area contributed by atoms with Crippen molar-refractivity contribution in [3.05, 3.63) is 6.33 Å². The number of nitrogens with zero attached hydrogens (tertiary/aromatic N) is 4. The van der Waals surface area contributed by atoms with E-state index in [4.69, 9.17) is 5.84 Å². The molecule has 0 amide bonds. The molecule has 1 rings (SSSR count). The maximum atomic E-state index is 5.35. The van der Waals surface area contributed by atoms with Gasteiger partial charge in [0.2, 0.25) is 0 Å². The Hall–Kier alpha value is -1.13. The molecule has 0 aliphatic carbocycles. The molecular weight excluding hydrogens is 118 g/mol. The van der Waals surface area contributed by atoms with Crippen molar-refractivity contribution >= 4 is 0 Å². The quantitative estimate of drug-likeness (QED) is 0.384. The molecule has 0 aliphatic rings. The molecule has 1 aromatic heterocycles. The van der Waals surface area contributed by atoms with Crippen molar-refractivity contribution in [2.24, 2.45) is 0 Å². The molecule has 0 spiro atoms. The smallest absolute Gasteiger partial charge is 0.229 e. The Balaban J connectivity index is 2.94. The molecule has 50 valence electrons. The fourth-order valence-corrected chi connectivity index (χ4v) is 0.598. The number of nitrogens with two attached hydrogens (primary N) is 1. The van der Waals surface area contributed by atoms with E-state index in [2.05, 4.69) is 10.3 Å². The van der Waals surface area contributed by atoms with Gasteiger partial charge in [0.1, 0.15) is 0 Å². The summed E-state index contributed by atoms with van der Waals surface area (Å²) in [5, 5.41) is 7.14. The van der Waals surface area contributed by atoms with Crippen LogP contribution in [0, 0.1) is 0 Å². The predicted octanol–water partition coefficient (Wildman–Crippen LogP) is -1.14. The Morgan fingerprint density at radius 2 is 2.33 bits per heavy atom. The fraction of sp³-hybridized carbons (Fsp3) is 0.750. The van der Waals surface area contributed by atoms with Crippen molar-refractivity contribution in [1.29, 1.82) is 0 Å². The van der Waals surface area contributed by atoms with E-state index in [1.54, 1.807) is 11.0 Å². The first-order valence-corrected chi connectivity index (χ1v) is 2.79.